The summed E-state index contributed by atoms with van der Waals surface area (Å²) in [7, 11) is 0. The van der Waals surface area contributed by atoms with E-state index in [1.807, 2.05) is 68.4 Å². The van der Waals surface area contributed by atoms with Gasteiger partial charge in [-0.1, -0.05) is 62.4 Å². The molecule has 0 radical (unpaired) electrons. The van der Waals surface area contributed by atoms with Gasteiger partial charge in [0.05, 0.1) is 6.54 Å². The van der Waals surface area contributed by atoms with Crippen LogP contribution in [0.1, 0.15) is 42.9 Å². The molecule has 186 valence electrons. The Labute approximate surface area is 208 Å². The lowest BCUT2D eigenvalue weighted by molar-refractivity contribution is -0.132. The SMILES string of the molecule is Cc1ccc(CN(CCc2ccccc2)C(=O)CN(CCC(C)C)C(=O)Nc2ccccc2C)o1. The number of carbonyl (C=O) groups excluding carboxylic acids is 2. The molecule has 1 aromatic heterocycles. The molecule has 0 saturated heterocycles. The summed E-state index contributed by atoms with van der Waals surface area (Å²) in [5, 5.41) is 2.99. The second-order valence-corrected chi connectivity index (χ2v) is 9.41. The van der Waals surface area contributed by atoms with Crippen LogP contribution < -0.4 is 5.32 Å². The van der Waals surface area contributed by atoms with Gasteiger partial charge in [0.15, 0.2) is 0 Å². The van der Waals surface area contributed by atoms with Crippen molar-refractivity contribution >= 4 is 17.6 Å². The molecule has 3 amide bonds. The number of urea groups is 1. The van der Waals surface area contributed by atoms with Crippen LogP contribution >= 0.6 is 0 Å². The Balaban J connectivity index is 1.74. The van der Waals surface area contributed by atoms with Crippen LogP contribution in [-0.2, 0) is 17.8 Å². The number of carbonyl (C=O) groups is 2. The van der Waals surface area contributed by atoms with Gasteiger partial charge in [0.1, 0.15) is 18.1 Å². The highest BCUT2D eigenvalue weighted by atomic mass is 16.3. The van der Waals surface area contributed by atoms with Crippen LogP contribution in [-0.4, -0.2) is 41.4 Å². The number of anilines is 1. The number of nitrogens with zero attached hydrogens (tertiary/aromatic N) is 2. The van der Waals surface area contributed by atoms with Crippen molar-refractivity contribution < 1.29 is 14.0 Å². The molecule has 0 spiro atoms. The van der Waals surface area contributed by atoms with Gasteiger partial charge in [-0.05, 0) is 61.9 Å². The number of nitrogens with one attached hydrogen (secondary N) is 1. The molecule has 6 nitrogen and oxygen atoms in total. The van der Waals surface area contributed by atoms with Crippen LogP contribution in [0, 0.1) is 19.8 Å². The first kappa shape index (κ1) is 26.1. The van der Waals surface area contributed by atoms with E-state index in [1.165, 1.54) is 0 Å². The fourth-order valence-corrected chi connectivity index (χ4v) is 3.80. The van der Waals surface area contributed by atoms with Crippen molar-refractivity contribution in [2.75, 3.05) is 25.0 Å². The van der Waals surface area contributed by atoms with E-state index in [2.05, 4.69) is 31.3 Å². The second kappa shape index (κ2) is 12.8. The van der Waals surface area contributed by atoms with Gasteiger partial charge in [0.2, 0.25) is 5.91 Å². The normalized spacial score (nSPS) is 10.9. The van der Waals surface area contributed by atoms with Gasteiger partial charge >= 0.3 is 6.03 Å². The Morgan fingerprint density at radius 3 is 2.26 bits per heavy atom. The number of aryl methyl sites for hydroxylation is 2. The number of benzene rings is 2. The zero-order valence-corrected chi connectivity index (χ0v) is 21.3. The van der Waals surface area contributed by atoms with E-state index in [4.69, 9.17) is 4.42 Å². The largest absolute Gasteiger partial charge is 0.464 e. The fraction of sp³-hybridized carbons (Fsp3) is 0.379. The number of furan rings is 1. The van der Waals surface area contributed by atoms with Crippen molar-refractivity contribution in [2.24, 2.45) is 5.92 Å². The number of para-hydroxylation sites is 1. The molecule has 0 aliphatic rings. The summed E-state index contributed by atoms with van der Waals surface area (Å²) < 4.78 is 5.75. The maximum atomic E-state index is 13.5. The van der Waals surface area contributed by atoms with E-state index in [9.17, 15) is 9.59 Å². The Kier molecular flexibility index (Phi) is 9.53. The summed E-state index contributed by atoms with van der Waals surface area (Å²) in [6.07, 6.45) is 1.55. The molecule has 35 heavy (non-hydrogen) atoms. The quantitative estimate of drug-likeness (QED) is 0.367. The first-order chi connectivity index (χ1) is 16.8. The molecule has 0 aliphatic heterocycles. The van der Waals surface area contributed by atoms with Gasteiger partial charge < -0.3 is 19.5 Å². The minimum Gasteiger partial charge on any atom is -0.464 e. The zero-order chi connectivity index (χ0) is 25.2. The van der Waals surface area contributed by atoms with Crippen LogP contribution in [0.4, 0.5) is 10.5 Å². The molecule has 0 bridgehead atoms. The molecule has 2 aromatic carbocycles. The Morgan fingerprint density at radius 1 is 0.886 bits per heavy atom. The molecule has 0 saturated carbocycles. The third-order valence-corrected chi connectivity index (χ3v) is 5.99. The third-order valence-electron chi connectivity index (χ3n) is 5.99. The summed E-state index contributed by atoms with van der Waals surface area (Å²) in [6.45, 7) is 9.51. The van der Waals surface area contributed by atoms with Crippen molar-refractivity contribution in [3.05, 3.63) is 89.4 Å². The Bertz CT molecular complexity index is 1090. The van der Waals surface area contributed by atoms with Crippen LogP contribution in [0.2, 0.25) is 0 Å². The van der Waals surface area contributed by atoms with E-state index < -0.39 is 0 Å². The van der Waals surface area contributed by atoms with Gasteiger partial charge in [-0.25, -0.2) is 4.79 Å². The first-order valence-electron chi connectivity index (χ1n) is 12.3. The summed E-state index contributed by atoms with van der Waals surface area (Å²) in [5.41, 5.74) is 2.90. The topological polar surface area (TPSA) is 65.8 Å². The van der Waals surface area contributed by atoms with Crippen molar-refractivity contribution in [2.45, 2.75) is 47.1 Å². The maximum absolute atomic E-state index is 13.5. The zero-order valence-electron chi connectivity index (χ0n) is 21.3. The van der Waals surface area contributed by atoms with Crippen LogP contribution in [0.3, 0.4) is 0 Å². The molecular formula is C29H37N3O3. The van der Waals surface area contributed by atoms with E-state index in [1.54, 1.807) is 9.80 Å². The molecule has 0 unspecified atom stereocenters. The number of hydrogen-bond donors (Lipinski definition) is 1. The molecular weight excluding hydrogens is 438 g/mol. The highest BCUT2D eigenvalue weighted by Crippen LogP contribution is 2.16. The smallest absolute Gasteiger partial charge is 0.322 e. The van der Waals surface area contributed by atoms with E-state index in [-0.39, 0.29) is 18.5 Å². The van der Waals surface area contributed by atoms with Crippen molar-refractivity contribution in [1.29, 1.82) is 0 Å². The molecule has 0 aliphatic carbocycles. The number of amides is 3. The summed E-state index contributed by atoms with van der Waals surface area (Å²) in [4.78, 5) is 30.1. The van der Waals surface area contributed by atoms with Crippen LogP contribution in [0.5, 0.6) is 0 Å². The molecule has 3 rings (SSSR count). The van der Waals surface area contributed by atoms with Crippen LogP contribution in [0.15, 0.2) is 71.1 Å². The average Bonchev–Trinajstić information content (AvgIpc) is 3.25. The highest BCUT2D eigenvalue weighted by molar-refractivity contribution is 5.93. The van der Waals surface area contributed by atoms with Crippen molar-refractivity contribution in [3.8, 4) is 0 Å². The average molecular weight is 476 g/mol. The van der Waals surface area contributed by atoms with E-state index in [0.717, 1.165) is 41.2 Å². The standard InChI is InChI=1S/C29H37N3O3/c1-22(2)16-18-32(29(34)30-27-13-9-8-10-23(27)3)21-28(33)31(20-26-15-14-24(4)35-26)19-17-25-11-6-5-7-12-25/h5-15,22H,16-21H2,1-4H3,(H,30,34). The second-order valence-electron chi connectivity index (χ2n) is 9.41. The minimum atomic E-state index is -0.259. The molecule has 3 aromatic rings. The van der Waals surface area contributed by atoms with Gasteiger partial charge in [-0.3, -0.25) is 4.79 Å². The molecule has 6 heteroatoms. The van der Waals surface area contributed by atoms with Gasteiger partial charge in [-0.2, -0.15) is 0 Å². The van der Waals surface area contributed by atoms with Crippen LogP contribution in [0.25, 0.3) is 0 Å². The summed E-state index contributed by atoms with van der Waals surface area (Å²) in [6, 6.07) is 21.3. The monoisotopic (exact) mass is 475 g/mol. The van der Waals surface area contributed by atoms with Crippen molar-refractivity contribution in [3.63, 3.8) is 0 Å². The first-order valence-corrected chi connectivity index (χ1v) is 12.3. The fourth-order valence-electron chi connectivity index (χ4n) is 3.80. The number of hydrogen-bond acceptors (Lipinski definition) is 3. The lowest BCUT2D eigenvalue weighted by Crippen LogP contribution is -2.45. The summed E-state index contributed by atoms with van der Waals surface area (Å²) >= 11 is 0. The highest BCUT2D eigenvalue weighted by Gasteiger charge is 2.23. The van der Waals surface area contributed by atoms with E-state index in [0.29, 0.717) is 25.6 Å². The predicted molar refractivity (Wildman–Crippen MR) is 140 cm³/mol. The predicted octanol–water partition coefficient (Wildman–Crippen LogP) is 6.05. The maximum Gasteiger partial charge on any atom is 0.322 e. The van der Waals surface area contributed by atoms with Gasteiger partial charge in [0.25, 0.3) is 0 Å². The van der Waals surface area contributed by atoms with Gasteiger partial charge in [-0.15, -0.1) is 0 Å². The molecule has 0 fully saturated rings. The van der Waals surface area contributed by atoms with Gasteiger partial charge in [0, 0.05) is 18.8 Å². The van der Waals surface area contributed by atoms with E-state index >= 15 is 0 Å². The number of rotatable bonds is 11. The minimum absolute atomic E-state index is 0.0128. The lowest BCUT2D eigenvalue weighted by Gasteiger charge is -2.28. The Morgan fingerprint density at radius 2 is 1.60 bits per heavy atom. The molecule has 1 heterocycles. The Hall–Kier alpha value is -3.54. The third kappa shape index (κ3) is 8.32. The van der Waals surface area contributed by atoms with Crippen molar-refractivity contribution in [1.82, 2.24) is 9.80 Å². The molecule has 1 N–H and O–H groups in total. The molecule has 0 atom stereocenters. The summed E-state index contributed by atoms with van der Waals surface area (Å²) in [5.74, 6) is 1.87. The lowest BCUT2D eigenvalue weighted by atomic mass is 10.1.